The lowest BCUT2D eigenvalue weighted by atomic mass is 9.90. The summed E-state index contributed by atoms with van der Waals surface area (Å²) in [5, 5.41) is 11.7. The van der Waals surface area contributed by atoms with Crippen molar-refractivity contribution >= 4 is 22.9 Å². The summed E-state index contributed by atoms with van der Waals surface area (Å²) >= 11 is 0. The van der Waals surface area contributed by atoms with E-state index in [2.05, 4.69) is 10.3 Å². The number of benzene rings is 1. The number of aromatic nitrogens is 2. The van der Waals surface area contributed by atoms with Crippen LogP contribution in [0.2, 0.25) is 0 Å². The normalized spacial score (nSPS) is 11.6. The molecule has 0 fully saturated rings. The number of nitrogens with one attached hydrogen (secondary N) is 2. The number of aromatic amines is 1. The molecule has 1 heterocycles. The summed E-state index contributed by atoms with van der Waals surface area (Å²) in [6.07, 6.45) is 0.332. The molecule has 118 valence electrons. The number of carbonyl (C=O) groups is 2. The van der Waals surface area contributed by atoms with Gasteiger partial charge in [0.2, 0.25) is 0 Å². The third-order valence-electron chi connectivity index (χ3n) is 3.78. The number of rotatable bonds is 5. The van der Waals surface area contributed by atoms with Gasteiger partial charge in [-0.2, -0.15) is 0 Å². The maximum absolute atomic E-state index is 12.1. The molecule has 0 spiro atoms. The van der Waals surface area contributed by atoms with Crippen molar-refractivity contribution < 1.29 is 14.7 Å². The van der Waals surface area contributed by atoms with Gasteiger partial charge in [0.25, 0.3) is 5.91 Å². The lowest BCUT2D eigenvalue weighted by molar-refractivity contribution is -0.147. The molecule has 1 aromatic carbocycles. The lowest BCUT2D eigenvalue weighted by Gasteiger charge is -2.18. The first-order valence-corrected chi connectivity index (χ1v) is 6.93. The second kappa shape index (κ2) is 5.67. The van der Waals surface area contributed by atoms with E-state index >= 15 is 0 Å². The molecular weight excluding hydrogens is 286 g/mol. The Morgan fingerprint density at radius 3 is 2.68 bits per heavy atom. The van der Waals surface area contributed by atoms with E-state index in [-0.39, 0.29) is 18.1 Å². The number of amides is 1. The Hall–Kier alpha value is -2.57. The number of nitrogens with zero attached hydrogens (tertiary/aromatic N) is 1. The average molecular weight is 305 g/mol. The second-order valence-corrected chi connectivity index (χ2v) is 5.92. The zero-order chi connectivity index (χ0) is 16.5. The number of fused-ring (bicyclic) bond motifs is 1. The number of aliphatic carboxylic acids is 1. The van der Waals surface area contributed by atoms with Gasteiger partial charge in [-0.1, -0.05) is 0 Å². The van der Waals surface area contributed by atoms with Crippen LogP contribution in [0, 0.1) is 5.41 Å². The second-order valence-electron chi connectivity index (χ2n) is 5.92. The van der Waals surface area contributed by atoms with Crippen LogP contribution >= 0.6 is 0 Å². The van der Waals surface area contributed by atoms with Crippen molar-refractivity contribution in [2.75, 3.05) is 6.54 Å². The summed E-state index contributed by atoms with van der Waals surface area (Å²) in [4.78, 5) is 37.3. The molecule has 0 aliphatic rings. The highest BCUT2D eigenvalue weighted by Gasteiger charge is 2.26. The fraction of sp³-hybridized carbons (Fsp3) is 0.400. The highest BCUT2D eigenvalue weighted by atomic mass is 16.4. The highest BCUT2D eigenvalue weighted by Crippen LogP contribution is 2.19. The number of carboxylic acids is 1. The van der Waals surface area contributed by atoms with Crippen LogP contribution in [0.15, 0.2) is 23.0 Å². The van der Waals surface area contributed by atoms with E-state index in [1.165, 1.54) is 4.57 Å². The van der Waals surface area contributed by atoms with Gasteiger partial charge in [0.1, 0.15) is 0 Å². The van der Waals surface area contributed by atoms with Crippen molar-refractivity contribution in [1.82, 2.24) is 14.9 Å². The largest absolute Gasteiger partial charge is 0.481 e. The number of carbonyl (C=O) groups excluding carboxylic acids is 1. The van der Waals surface area contributed by atoms with Crippen LogP contribution < -0.4 is 11.0 Å². The van der Waals surface area contributed by atoms with Gasteiger partial charge < -0.3 is 15.4 Å². The average Bonchev–Trinajstić information content (AvgIpc) is 2.73. The molecule has 0 saturated heterocycles. The molecule has 0 atom stereocenters. The van der Waals surface area contributed by atoms with Gasteiger partial charge in [0, 0.05) is 19.2 Å². The molecule has 2 aromatic rings. The molecule has 0 bridgehead atoms. The number of carboxylic acid groups (broad SMARTS) is 1. The third-order valence-corrected chi connectivity index (χ3v) is 3.78. The quantitative estimate of drug-likeness (QED) is 0.769. The zero-order valence-electron chi connectivity index (χ0n) is 12.8. The molecule has 3 N–H and O–H groups in total. The molecular formula is C15H19N3O4. The predicted molar refractivity (Wildman–Crippen MR) is 81.9 cm³/mol. The topological polar surface area (TPSA) is 104 Å². The fourth-order valence-corrected chi connectivity index (χ4v) is 2.06. The van der Waals surface area contributed by atoms with Crippen LogP contribution in [0.5, 0.6) is 0 Å². The summed E-state index contributed by atoms with van der Waals surface area (Å²) in [6.45, 7) is 3.49. The summed E-state index contributed by atoms with van der Waals surface area (Å²) in [7, 11) is 1.62. The van der Waals surface area contributed by atoms with Crippen LogP contribution in [0.25, 0.3) is 11.0 Å². The van der Waals surface area contributed by atoms with E-state index in [0.29, 0.717) is 23.0 Å². The number of aryl methyl sites for hydroxylation is 1. The molecule has 7 nitrogen and oxygen atoms in total. The Bertz CT molecular complexity index is 786. The van der Waals surface area contributed by atoms with E-state index in [1.807, 2.05) is 0 Å². The first-order valence-electron chi connectivity index (χ1n) is 6.93. The number of H-pyrrole nitrogens is 1. The molecule has 22 heavy (non-hydrogen) atoms. The van der Waals surface area contributed by atoms with Crippen LogP contribution in [0.4, 0.5) is 0 Å². The monoisotopic (exact) mass is 305 g/mol. The number of imidazole rings is 1. The van der Waals surface area contributed by atoms with Gasteiger partial charge in [-0.25, -0.2) is 4.79 Å². The van der Waals surface area contributed by atoms with Gasteiger partial charge >= 0.3 is 11.7 Å². The lowest BCUT2D eigenvalue weighted by Crippen LogP contribution is -2.31. The first-order chi connectivity index (χ1) is 10.2. The van der Waals surface area contributed by atoms with E-state index in [9.17, 15) is 14.4 Å². The van der Waals surface area contributed by atoms with Crippen molar-refractivity contribution in [2.45, 2.75) is 20.3 Å². The Morgan fingerprint density at radius 1 is 1.36 bits per heavy atom. The molecule has 1 aromatic heterocycles. The summed E-state index contributed by atoms with van der Waals surface area (Å²) in [6, 6.07) is 4.92. The van der Waals surface area contributed by atoms with Gasteiger partial charge in [0.15, 0.2) is 0 Å². The standard InChI is InChI=1S/C15H19N3O4/c1-15(2,13(20)21)6-7-16-12(19)9-4-5-10-11(8-9)18(3)14(22)17-10/h4-5,8H,6-7H2,1-3H3,(H,16,19)(H,17,22)(H,20,21). The van der Waals surface area contributed by atoms with E-state index in [1.54, 1.807) is 39.1 Å². The minimum Gasteiger partial charge on any atom is -0.481 e. The van der Waals surface area contributed by atoms with Gasteiger partial charge in [0.05, 0.1) is 16.4 Å². The predicted octanol–water partition coefficient (Wildman–Crippen LogP) is 1.10. The van der Waals surface area contributed by atoms with Crippen molar-refractivity contribution in [3.8, 4) is 0 Å². The minimum absolute atomic E-state index is 0.240. The van der Waals surface area contributed by atoms with Crippen LogP contribution in [-0.2, 0) is 11.8 Å². The molecule has 1 amide bonds. The smallest absolute Gasteiger partial charge is 0.326 e. The van der Waals surface area contributed by atoms with Crippen molar-refractivity contribution in [3.63, 3.8) is 0 Å². The minimum atomic E-state index is -0.898. The molecule has 2 rings (SSSR count). The van der Waals surface area contributed by atoms with Gasteiger partial charge in [-0.3, -0.25) is 14.2 Å². The zero-order valence-corrected chi connectivity index (χ0v) is 12.8. The Labute approximate surface area is 127 Å². The fourth-order valence-electron chi connectivity index (χ4n) is 2.06. The van der Waals surface area contributed by atoms with E-state index in [4.69, 9.17) is 5.11 Å². The van der Waals surface area contributed by atoms with E-state index in [0.717, 1.165) is 0 Å². The summed E-state index contributed by atoms with van der Waals surface area (Å²) in [5.41, 5.74) is 0.604. The Morgan fingerprint density at radius 2 is 2.05 bits per heavy atom. The van der Waals surface area contributed by atoms with Crippen LogP contribution in [-0.4, -0.2) is 33.1 Å². The highest BCUT2D eigenvalue weighted by molar-refractivity contribution is 5.97. The maximum Gasteiger partial charge on any atom is 0.326 e. The Balaban J connectivity index is 2.09. The molecule has 7 heteroatoms. The number of hydrogen-bond donors (Lipinski definition) is 3. The summed E-state index contributed by atoms with van der Waals surface area (Å²) < 4.78 is 1.43. The van der Waals surface area contributed by atoms with E-state index < -0.39 is 11.4 Å². The molecule has 0 radical (unpaired) electrons. The summed E-state index contributed by atoms with van der Waals surface area (Å²) in [5.74, 6) is -1.19. The molecule has 0 aliphatic carbocycles. The molecule has 0 saturated carbocycles. The number of hydrogen-bond acceptors (Lipinski definition) is 3. The molecule has 0 aliphatic heterocycles. The van der Waals surface area contributed by atoms with Crippen molar-refractivity contribution in [2.24, 2.45) is 12.5 Å². The van der Waals surface area contributed by atoms with Gasteiger partial charge in [-0.15, -0.1) is 0 Å². The first kappa shape index (κ1) is 15.8. The van der Waals surface area contributed by atoms with Crippen LogP contribution in [0.3, 0.4) is 0 Å². The van der Waals surface area contributed by atoms with Crippen LogP contribution in [0.1, 0.15) is 30.6 Å². The third kappa shape index (κ3) is 3.03. The SMILES string of the molecule is Cn1c(=O)[nH]c2ccc(C(=O)NCCC(C)(C)C(=O)O)cc21. The van der Waals surface area contributed by atoms with Gasteiger partial charge in [-0.05, 0) is 38.5 Å². The van der Waals surface area contributed by atoms with Crippen molar-refractivity contribution in [3.05, 3.63) is 34.2 Å². The maximum atomic E-state index is 12.1. The van der Waals surface area contributed by atoms with Crippen molar-refractivity contribution in [1.29, 1.82) is 0 Å². The Kier molecular flexibility index (Phi) is 4.07. The molecule has 0 unspecified atom stereocenters.